The summed E-state index contributed by atoms with van der Waals surface area (Å²) in [5.41, 5.74) is 1.22. The third-order valence-electron chi connectivity index (χ3n) is 5.34. The topological polar surface area (TPSA) is 73.9 Å². The Morgan fingerprint density at radius 2 is 1.67 bits per heavy atom. The van der Waals surface area contributed by atoms with Crippen LogP contribution in [0.25, 0.3) is 11.3 Å². The van der Waals surface area contributed by atoms with Crippen molar-refractivity contribution in [1.29, 1.82) is 0 Å². The fourth-order valence-electron chi connectivity index (χ4n) is 3.68. The zero-order valence-electron chi connectivity index (χ0n) is 18.0. The van der Waals surface area contributed by atoms with Gasteiger partial charge in [0.1, 0.15) is 0 Å². The maximum absolute atomic E-state index is 12.6. The van der Waals surface area contributed by atoms with E-state index in [0.29, 0.717) is 38.5 Å². The predicted molar refractivity (Wildman–Crippen MR) is 128 cm³/mol. The van der Waals surface area contributed by atoms with Crippen molar-refractivity contribution in [2.24, 2.45) is 0 Å². The zero-order chi connectivity index (χ0) is 22.3. The van der Waals surface area contributed by atoms with Gasteiger partial charge in [0, 0.05) is 25.1 Å². The third kappa shape index (κ3) is 6.48. The average molecular weight is 493 g/mol. The molecule has 1 aromatic heterocycles. The first-order valence-corrected chi connectivity index (χ1v) is 11.0. The Labute approximate surface area is 203 Å². The molecule has 0 amide bonds. The van der Waals surface area contributed by atoms with Gasteiger partial charge >= 0.3 is 11.5 Å². The number of hydrogen-bond acceptors (Lipinski definition) is 6. The summed E-state index contributed by atoms with van der Waals surface area (Å²) in [6, 6.07) is 18.7. The number of ether oxygens (including phenoxy) is 2. The minimum atomic E-state index is -0.494. The molecule has 176 valence electrons. The standard InChI is InChI=1S/C24H25ClN2O5.ClH/c25-22-23(19-9-5-2-6-10-19)32-27(24(22)29)12-11-20(26-13-15-30-16-14-26)31-21(28)17-18-7-3-1-4-8-18;/h1-10,20H,11-17H2;1H. The summed E-state index contributed by atoms with van der Waals surface area (Å²) in [4.78, 5) is 27.3. The Kier molecular flexibility index (Phi) is 9.14. The highest BCUT2D eigenvalue weighted by Crippen LogP contribution is 2.25. The predicted octanol–water partition coefficient (Wildman–Crippen LogP) is 4.02. The van der Waals surface area contributed by atoms with Crippen molar-refractivity contribution in [1.82, 2.24) is 9.64 Å². The molecule has 9 heteroatoms. The van der Waals surface area contributed by atoms with Crippen molar-refractivity contribution in [2.75, 3.05) is 26.3 Å². The quantitative estimate of drug-likeness (QED) is 0.442. The van der Waals surface area contributed by atoms with Crippen LogP contribution >= 0.6 is 24.0 Å². The Morgan fingerprint density at radius 3 is 2.33 bits per heavy atom. The first-order chi connectivity index (χ1) is 15.6. The van der Waals surface area contributed by atoms with Crippen LogP contribution in [0.1, 0.15) is 12.0 Å². The number of esters is 1. The number of carbonyl (C=O) groups is 1. The molecule has 0 spiro atoms. The summed E-state index contributed by atoms with van der Waals surface area (Å²) < 4.78 is 18.2. The molecule has 0 radical (unpaired) electrons. The molecule has 1 saturated heterocycles. The lowest BCUT2D eigenvalue weighted by atomic mass is 10.1. The molecule has 0 bridgehead atoms. The Balaban J connectivity index is 0.00000306. The van der Waals surface area contributed by atoms with Crippen LogP contribution in [0.2, 0.25) is 5.02 Å². The van der Waals surface area contributed by atoms with Gasteiger partial charge in [-0.2, -0.15) is 4.74 Å². The highest BCUT2D eigenvalue weighted by Gasteiger charge is 2.26. The van der Waals surface area contributed by atoms with Crippen molar-refractivity contribution in [2.45, 2.75) is 25.6 Å². The molecule has 2 heterocycles. The summed E-state index contributed by atoms with van der Waals surface area (Å²) in [5.74, 6) is 0.0174. The Bertz CT molecular complexity index is 1080. The normalized spacial score (nSPS) is 14.9. The molecular weight excluding hydrogens is 467 g/mol. The van der Waals surface area contributed by atoms with E-state index in [4.69, 9.17) is 25.6 Å². The number of morpholine rings is 1. The van der Waals surface area contributed by atoms with Gasteiger partial charge in [-0.05, 0) is 5.56 Å². The van der Waals surface area contributed by atoms with Gasteiger partial charge in [-0.15, -0.1) is 12.4 Å². The lowest BCUT2D eigenvalue weighted by Crippen LogP contribution is -2.46. The lowest BCUT2D eigenvalue weighted by molar-refractivity contribution is -0.164. The summed E-state index contributed by atoms with van der Waals surface area (Å²) >= 11 is 6.25. The first kappa shape index (κ1) is 25.1. The van der Waals surface area contributed by atoms with Gasteiger partial charge < -0.3 is 14.0 Å². The number of nitrogens with zero attached hydrogens (tertiary/aromatic N) is 2. The third-order valence-corrected chi connectivity index (χ3v) is 5.68. The van der Waals surface area contributed by atoms with Crippen molar-refractivity contribution >= 4 is 30.0 Å². The fraction of sp³-hybridized carbons (Fsp3) is 0.333. The molecule has 0 N–H and O–H groups in total. The molecule has 1 fully saturated rings. The molecule has 0 saturated carbocycles. The van der Waals surface area contributed by atoms with E-state index in [1.165, 1.54) is 4.74 Å². The molecule has 33 heavy (non-hydrogen) atoms. The minimum absolute atomic E-state index is 0. The molecule has 1 aliphatic rings. The van der Waals surface area contributed by atoms with Crippen molar-refractivity contribution in [3.05, 3.63) is 81.6 Å². The molecular formula is C24H26Cl2N2O5. The van der Waals surface area contributed by atoms with Crippen molar-refractivity contribution < 1.29 is 18.8 Å². The van der Waals surface area contributed by atoms with E-state index in [1.54, 1.807) is 0 Å². The number of aryl methyl sites for hydroxylation is 1. The highest BCUT2D eigenvalue weighted by molar-refractivity contribution is 6.32. The highest BCUT2D eigenvalue weighted by atomic mass is 35.5. The smallest absolute Gasteiger partial charge is 0.311 e. The van der Waals surface area contributed by atoms with E-state index in [-0.39, 0.29) is 36.4 Å². The molecule has 2 aromatic carbocycles. The van der Waals surface area contributed by atoms with Crippen LogP contribution in [-0.4, -0.2) is 48.1 Å². The second-order valence-electron chi connectivity index (χ2n) is 7.55. The second kappa shape index (κ2) is 12.0. The summed E-state index contributed by atoms with van der Waals surface area (Å²) in [5, 5.41) is 0.0418. The van der Waals surface area contributed by atoms with Crippen LogP contribution in [-0.2, 0) is 27.2 Å². The molecule has 4 rings (SSSR count). The van der Waals surface area contributed by atoms with E-state index in [1.807, 2.05) is 60.7 Å². The van der Waals surface area contributed by atoms with Gasteiger partial charge in [0.2, 0.25) is 0 Å². The van der Waals surface area contributed by atoms with Gasteiger partial charge in [0.25, 0.3) is 0 Å². The van der Waals surface area contributed by atoms with Gasteiger partial charge in [-0.25, -0.2) is 0 Å². The van der Waals surface area contributed by atoms with Gasteiger partial charge in [-0.3, -0.25) is 14.5 Å². The maximum Gasteiger partial charge on any atom is 0.311 e. The SMILES string of the molecule is Cl.O=C(Cc1ccccc1)OC(CCn1oc(-c2ccccc2)c(Cl)c1=O)N1CCOCC1. The second-order valence-corrected chi connectivity index (χ2v) is 7.93. The van der Waals surface area contributed by atoms with E-state index < -0.39 is 11.8 Å². The lowest BCUT2D eigenvalue weighted by Gasteiger charge is -2.33. The number of rotatable bonds is 8. The number of carbonyl (C=O) groups excluding carboxylic acids is 1. The van der Waals surface area contributed by atoms with Crippen molar-refractivity contribution in [3.63, 3.8) is 0 Å². The largest absolute Gasteiger partial charge is 0.446 e. The Hall–Kier alpha value is -2.58. The van der Waals surface area contributed by atoms with Crippen molar-refractivity contribution in [3.8, 4) is 11.3 Å². The Morgan fingerprint density at radius 1 is 1.03 bits per heavy atom. The monoisotopic (exact) mass is 492 g/mol. The molecule has 7 nitrogen and oxygen atoms in total. The van der Waals surface area contributed by atoms with Gasteiger partial charge in [0.15, 0.2) is 17.0 Å². The zero-order valence-corrected chi connectivity index (χ0v) is 19.6. The molecule has 1 aliphatic heterocycles. The molecule has 3 aromatic rings. The molecule has 1 atom stereocenters. The first-order valence-electron chi connectivity index (χ1n) is 10.6. The van der Waals surface area contributed by atoms with Crippen LogP contribution in [0.4, 0.5) is 0 Å². The van der Waals surface area contributed by atoms with Crippen LogP contribution in [0.5, 0.6) is 0 Å². The summed E-state index contributed by atoms with van der Waals surface area (Å²) in [6.07, 6.45) is 0.0799. The van der Waals surface area contributed by atoms with Crippen LogP contribution < -0.4 is 5.56 Å². The van der Waals surface area contributed by atoms with Crippen LogP contribution in [0.3, 0.4) is 0 Å². The molecule has 1 unspecified atom stereocenters. The number of aromatic nitrogens is 1. The van der Waals surface area contributed by atoms with E-state index in [9.17, 15) is 9.59 Å². The van der Waals surface area contributed by atoms with E-state index in [2.05, 4.69) is 4.90 Å². The number of halogens is 2. The van der Waals surface area contributed by atoms with Crippen LogP contribution in [0.15, 0.2) is 70.0 Å². The average Bonchev–Trinajstić information content (AvgIpc) is 3.12. The molecule has 0 aliphatic carbocycles. The number of hydrogen-bond donors (Lipinski definition) is 0. The van der Waals surface area contributed by atoms with Crippen LogP contribution in [0, 0.1) is 0 Å². The van der Waals surface area contributed by atoms with E-state index >= 15 is 0 Å². The minimum Gasteiger partial charge on any atom is -0.446 e. The summed E-state index contributed by atoms with van der Waals surface area (Å²) in [6.45, 7) is 2.65. The maximum atomic E-state index is 12.6. The van der Waals surface area contributed by atoms with Gasteiger partial charge in [0.05, 0.1) is 26.2 Å². The summed E-state index contributed by atoms with van der Waals surface area (Å²) in [7, 11) is 0. The fourth-order valence-corrected chi connectivity index (χ4v) is 3.92. The number of benzene rings is 2. The van der Waals surface area contributed by atoms with E-state index in [0.717, 1.165) is 11.1 Å². The van der Waals surface area contributed by atoms with Gasteiger partial charge in [-0.1, -0.05) is 72.3 Å².